The Morgan fingerprint density at radius 2 is 1.62 bits per heavy atom. The molecule has 3 aromatic carbocycles. The SMILES string of the molecule is O=C(Cc1cccc([N+](=O)[O-])c1)N[C@@H](Cc1ccc(OCc2ccccc2)cc1)C(=O)O. The molecule has 3 aromatic rings. The van der Waals surface area contributed by atoms with Gasteiger partial charge in [0.05, 0.1) is 11.3 Å². The normalized spacial score (nSPS) is 11.4. The van der Waals surface area contributed by atoms with Crippen molar-refractivity contribution in [1.82, 2.24) is 5.32 Å². The highest BCUT2D eigenvalue weighted by Gasteiger charge is 2.21. The topological polar surface area (TPSA) is 119 Å². The zero-order valence-corrected chi connectivity index (χ0v) is 17.1. The first-order chi connectivity index (χ1) is 15.4. The van der Waals surface area contributed by atoms with E-state index in [0.29, 0.717) is 17.9 Å². The van der Waals surface area contributed by atoms with Crippen LogP contribution in [0.4, 0.5) is 5.69 Å². The van der Waals surface area contributed by atoms with Crippen molar-refractivity contribution >= 4 is 17.6 Å². The van der Waals surface area contributed by atoms with Crippen LogP contribution in [0.3, 0.4) is 0 Å². The Hall–Kier alpha value is -4.20. The second-order valence-electron chi connectivity index (χ2n) is 7.18. The number of ether oxygens (including phenoxy) is 1. The molecule has 1 atom stereocenters. The first-order valence-corrected chi connectivity index (χ1v) is 9.92. The van der Waals surface area contributed by atoms with Gasteiger partial charge in [0, 0.05) is 18.6 Å². The Bertz CT molecular complexity index is 1080. The van der Waals surface area contributed by atoms with E-state index in [4.69, 9.17) is 4.74 Å². The van der Waals surface area contributed by atoms with Crippen molar-refractivity contribution in [3.05, 3.63) is 106 Å². The number of amides is 1. The summed E-state index contributed by atoms with van der Waals surface area (Å²) in [5.74, 6) is -1.04. The Labute approximate surface area is 184 Å². The second-order valence-corrected chi connectivity index (χ2v) is 7.18. The lowest BCUT2D eigenvalue weighted by atomic mass is 10.0. The number of rotatable bonds is 10. The van der Waals surface area contributed by atoms with Crippen LogP contribution in [0.1, 0.15) is 16.7 Å². The summed E-state index contributed by atoms with van der Waals surface area (Å²) < 4.78 is 5.72. The molecule has 0 bridgehead atoms. The van der Waals surface area contributed by atoms with Crippen LogP contribution in [-0.2, 0) is 29.0 Å². The molecule has 2 N–H and O–H groups in total. The van der Waals surface area contributed by atoms with Crippen LogP contribution in [0, 0.1) is 10.1 Å². The summed E-state index contributed by atoms with van der Waals surface area (Å²) >= 11 is 0. The number of nitro groups is 1. The predicted octanol–water partition coefficient (Wildman–Crippen LogP) is 3.53. The minimum absolute atomic E-state index is 0.0922. The van der Waals surface area contributed by atoms with Gasteiger partial charge in [-0.05, 0) is 28.8 Å². The quantitative estimate of drug-likeness (QED) is 0.372. The summed E-state index contributed by atoms with van der Waals surface area (Å²) in [5, 5.41) is 22.9. The molecule has 1 amide bonds. The Morgan fingerprint density at radius 1 is 0.938 bits per heavy atom. The fraction of sp³-hybridized carbons (Fsp3) is 0.167. The standard InChI is InChI=1S/C24H22N2O6/c27-23(15-19-7-4-8-20(13-19)26(30)31)25-22(24(28)29)14-17-9-11-21(12-10-17)32-16-18-5-2-1-3-6-18/h1-13,22H,14-16H2,(H,25,27)(H,28,29)/t22-/m0/s1. The van der Waals surface area contributed by atoms with Crippen LogP contribution in [0.25, 0.3) is 0 Å². The fourth-order valence-electron chi connectivity index (χ4n) is 3.11. The minimum Gasteiger partial charge on any atom is -0.489 e. The summed E-state index contributed by atoms with van der Waals surface area (Å²) in [6.45, 7) is 0.422. The maximum Gasteiger partial charge on any atom is 0.326 e. The molecule has 0 unspecified atom stereocenters. The van der Waals surface area contributed by atoms with Crippen molar-refractivity contribution in [3.63, 3.8) is 0 Å². The van der Waals surface area contributed by atoms with E-state index in [0.717, 1.165) is 11.1 Å². The van der Waals surface area contributed by atoms with Crippen LogP contribution in [-0.4, -0.2) is 27.9 Å². The van der Waals surface area contributed by atoms with Crippen molar-refractivity contribution in [1.29, 1.82) is 0 Å². The van der Waals surface area contributed by atoms with Crippen molar-refractivity contribution in [2.45, 2.75) is 25.5 Å². The van der Waals surface area contributed by atoms with Crippen molar-refractivity contribution in [2.75, 3.05) is 0 Å². The summed E-state index contributed by atoms with van der Waals surface area (Å²) in [6, 6.07) is 21.3. The number of carboxylic acid groups (broad SMARTS) is 1. The first kappa shape index (κ1) is 22.5. The van der Waals surface area contributed by atoms with Crippen molar-refractivity contribution in [3.8, 4) is 5.75 Å². The number of carboxylic acids is 1. The van der Waals surface area contributed by atoms with E-state index in [1.165, 1.54) is 18.2 Å². The van der Waals surface area contributed by atoms with Crippen LogP contribution in [0.5, 0.6) is 5.75 Å². The third kappa shape index (κ3) is 6.66. The monoisotopic (exact) mass is 434 g/mol. The first-order valence-electron chi connectivity index (χ1n) is 9.92. The van der Waals surface area contributed by atoms with Gasteiger partial charge in [-0.15, -0.1) is 0 Å². The highest BCUT2D eigenvalue weighted by atomic mass is 16.6. The van der Waals surface area contributed by atoms with E-state index in [2.05, 4.69) is 5.32 Å². The lowest BCUT2D eigenvalue weighted by Gasteiger charge is -2.15. The number of non-ortho nitro benzene ring substituents is 1. The number of hydrogen-bond acceptors (Lipinski definition) is 5. The number of carbonyl (C=O) groups is 2. The summed E-state index contributed by atoms with van der Waals surface area (Å²) in [5.41, 5.74) is 2.06. The lowest BCUT2D eigenvalue weighted by Crippen LogP contribution is -2.43. The minimum atomic E-state index is -1.17. The Morgan fingerprint density at radius 3 is 2.28 bits per heavy atom. The molecule has 0 fully saturated rings. The van der Waals surface area contributed by atoms with Gasteiger partial charge < -0.3 is 15.2 Å². The van der Waals surface area contributed by atoms with Crippen molar-refractivity contribution in [2.24, 2.45) is 0 Å². The highest BCUT2D eigenvalue weighted by Crippen LogP contribution is 2.16. The summed E-state index contributed by atoms with van der Waals surface area (Å²) in [7, 11) is 0. The molecule has 0 aliphatic carbocycles. The van der Waals surface area contributed by atoms with Gasteiger partial charge in [-0.25, -0.2) is 4.79 Å². The molecule has 8 heteroatoms. The summed E-state index contributed by atoms with van der Waals surface area (Å²) in [6.07, 6.45) is -0.0628. The van der Waals surface area contributed by atoms with E-state index in [9.17, 15) is 24.8 Å². The average Bonchev–Trinajstić information content (AvgIpc) is 2.79. The Kier molecular flexibility index (Phi) is 7.53. The number of nitro benzene ring substituents is 1. The van der Waals surface area contributed by atoms with Gasteiger partial charge in [-0.3, -0.25) is 14.9 Å². The van der Waals surface area contributed by atoms with Gasteiger partial charge in [0.2, 0.25) is 5.91 Å². The number of hydrogen-bond donors (Lipinski definition) is 2. The molecule has 0 aliphatic heterocycles. The molecule has 8 nitrogen and oxygen atoms in total. The third-order valence-electron chi connectivity index (χ3n) is 4.73. The van der Waals surface area contributed by atoms with Crippen LogP contribution >= 0.6 is 0 Å². The van der Waals surface area contributed by atoms with E-state index in [1.54, 1.807) is 30.3 Å². The fourth-order valence-corrected chi connectivity index (χ4v) is 3.11. The Balaban J connectivity index is 1.56. The van der Waals surface area contributed by atoms with Crippen molar-refractivity contribution < 1.29 is 24.4 Å². The van der Waals surface area contributed by atoms with Gasteiger partial charge in [-0.2, -0.15) is 0 Å². The molecule has 0 aromatic heterocycles. The molecular formula is C24H22N2O6. The second kappa shape index (κ2) is 10.7. The van der Waals surface area contributed by atoms with Crippen LogP contribution < -0.4 is 10.1 Å². The van der Waals surface area contributed by atoms with Gasteiger partial charge in [0.1, 0.15) is 18.4 Å². The molecule has 0 radical (unpaired) electrons. The van der Waals surface area contributed by atoms with Gasteiger partial charge in [-0.1, -0.05) is 54.6 Å². The lowest BCUT2D eigenvalue weighted by molar-refractivity contribution is -0.384. The molecule has 3 rings (SSSR count). The van der Waals surface area contributed by atoms with E-state index < -0.39 is 22.8 Å². The number of benzene rings is 3. The molecule has 32 heavy (non-hydrogen) atoms. The zero-order chi connectivity index (χ0) is 22.9. The molecule has 164 valence electrons. The number of carbonyl (C=O) groups excluding carboxylic acids is 1. The van der Waals surface area contributed by atoms with Gasteiger partial charge >= 0.3 is 5.97 Å². The van der Waals surface area contributed by atoms with Gasteiger partial charge in [0.25, 0.3) is 5.69 Å². The molecule has 0 saturated carbocycles. The maximum absolute atomic E-state index is 12.3. The molecule has 0 aliphatic rings. The predicted molar refractivity (Wildman–Crippen MR) is 117 cm³/mol. The van der Waals surface area contributed by atoms with Crippen LogP contribution in [0.2, 0.25) is 0 Å². The smallest absolute Gasteiger partial charge is 0.326 e. The molecule has 0 saturated heterocycles. The number of nitrogens with zero attached hydrogens (tertiary/aromatic N) is 1. The molecule has 0 heterocycles. The van der Waals surface area contributed by atoms with E-state index >= 15 is 0 Å². The number of aliphatic carboxylic acids is 1. The van der Waals surface area contributed by atoms with E-state index in [1.807, 2.05) is 30.3 Å². The maximum atomic E-state index is 12.3. The van der Waals surface area contributed by atoms with E-state index in [-0.39, 0.29) is 18.5 Å². The summed E-state index contributed by atoms with van der Waals surface area (Å²) in [4.78, 5) is 34.3. The average molecular weight is 434 g/mol. The molecule has 0 spiro atoms. The molecular weight excluding hydrogens is 412 g/mol. The zero-order valence-electron chi connectivity index (χ0n) is 17.1. The number of nitrogens with one attached hydrogen (secondary N) is 1. The highest BCUT2D eigenvalue weighted by molar-refractivity contribution is 5.85. The third-order valence-corrected chi connectivity index (χ3v) is 4.73. The largest absolute Gasteiger partial charge is 0.489 e. The van der Waals surface area contributed by atoms with Crippen LogP contribution in [0.15, 0.2) is 78.9 Å². The van der Waals surface area contributed by atoms with Gasteiger partial charge in [0.15, 0.2) is 0 Å².